The van der Waals surface area contributed by atoms with Gasteiger partial charge in [-0.2, -0.15) is 4.98 Å². The molecule has 0 aliphatic carbocycles. The van der Waals surface area contributed by atoms with Crippen LogP contribution in [0.4, 0.5) is 10.2 Å². The van der Waals surface area contributed by atoms with Gasteiger partial charge in [0.25, 0.3) is 0 Å². The molecule has 0 radical (unpaired) electrons. The number of hydrogen-bond donors (Lipinski definition) is 4. The lowest BCUT2D eigenvalue weighted by molar-refractivity contribution is -0.145. The number of alkyl halides is 1. The van der Waals surface area contributed by atoms with E-state index in [9.17, 15) is 24.1 Å². The van der Waals surface area contributed by atoms with Crippen molar-refractivity contribution in [2.24, 2.45) is 0 Å². The van der Waals surface area contributed by atoms with Crippen molar-refractivity contribution >= 4 is 37.2 Å². The van der Waals surface area contributed by atoms with E-state index in [1.807, 2.05) is 12.1 Å². The summed E-state index contributed by atoms with van der Waals surface area (Å²) in [4.78, 5) is 42.3. The summed E-state index contributed by atoms with van der Waals surface area (Å²) in [5.74, 6) is -1.47. The third-order valence-corrected chi connectivity index (χ3v) is 10.5. The highest BCUT2D eigenvalue weighted by molar-refractivity contribution is 8.00. The molecule has 13 nitrogen and oxygen atoms in total. The summed E-state index contributed by atoms with van der Waals surface area (Å²) >= 11 is 0.885. The molecule has 254 valence electrons. The minimum absolute atomic E-state index is 0.0403. The van der Waals surface area contributed by atoms with Crippen molar-refractivity contribution in [3.8, 4) is 0 Å². The number of thioether (sulfide) groups is 1. The number of hydrogen-bond acceptors (Lipinski definition) is 11. The Bertz CT molecular complexity index is 1520. The molecule has 47 heavy (non-hydrogen) atoms. The average Bonchev–Trinajstić information content (AvgIpc) is 3.33. The molecule has 0 spiro atoms. The first kappa shape index (κ1) is 36.2. The summed E-state index contributed by atoms with van der Waals surface area (Å²) in [5, 5.41) is 14.1. The number of aliphatic hydroxyl groups excluding tert-OH is 1. The maximum atomic E-state index is 15.3. The normalized spacial score (nSPS) is 20.8. The number of nitrogens with two attached hydrogens (primary N) is 1. The molecule has 0 saturated carbocycles. The summed E-state index contributed by atoms with van der Waals surface area (Å²) < 4.78 is 47.5. The number of halogens is 1. The van der Waals surface area contributed by atoms with Gasteiger partial charge in [0.15, 0.2) is 6.17 Å². The van der Waals surface area contributed by atoms with Gasteiger partial charge in [0.2, 0.25) is 0 Å². The van der Waals surface area contributed by atoms with Crippen LogP contribution in [0, 0.1) is 0 Å². The van der Waals surface area contributed by atoms with Crippen molar-refractivity contribution in [1.82, 2.24) is 19.7 Å². The van der Waals surface area contributed by atoms with E-state index in [0.29, 0.717) is 0 Å². The molecule has 16 heteroatoms. The minimum Gasteiger partial charge on any atom is -0.465 e. The van der Waals surface area contributed by atoms with Crippen LogP contribution in [0.25, 0.3) is 0 Å². The predicted molar refractivity (Wildman–Crippen MR) is 175 cm³/mol. The van der Waals surface area contributed by atoms with E-state index in [0.717, 1.165) is 27.5 Å². The van der Waals surface area contributed by atoms with E-state index in [2.05, 4.69) is 15.2 Å². The third-order valence-electron chi connectivity index (χ3n) is 7.20. The van der Waals surface area contributed by atoms with Crippen LogP contribution in [-0.2, 0) is 41.0 Å². The van der Waals surface area contributed by atoms with E-state index in [4.69, 9.17) is 19.7 Å². The second-order valence-corrected chi connectivity index (χ2v) is 13.9. The number of carbonyl (C=O) groups is 2. The number of aliphatic hydroxyl groups is 1. The Balaban J connectivity index is 1.63. The molecule has 1 fully saturated rings. The molecule has 1 saturated heterocycles. The Hall–Kier alpha value is -3.59. The van der Waals surface area contributed by atoms with Crippen LogP contribution in [-0.4, -0.2) is 76.0 Å². The molecule has 0 amide bonds. The van der Waals surface area contributed by atoms with Crippen molar-refractivity contribution < 1.29 is 37.6 Å². The maximum absolute atomic E-state index is 15.3. The number of nitrogens with zero attached hydrogens (tertiary/aromatic N) is 2. The average molecular weight is 692 g/mol. The minimum atomic E-state index is -4.41. The Morgan fingerprint density at radius 1 is 0.979 bits per heavy atom. The van der Waals surface area contributed by atoms with Crippen LogP contribution in [0.5, 0.6) is 0 Å². The van der Waals surface area contributed by atoms with Crippen molar-refractivity contribution in [2.75, 3.05) is 25.6 Å². The number of nitrogen functional groups attached to an aromatic ring is 1. The van der Waals surface area contributed by atoms with Gasteiger partial charge < -0.3 is 24.8 Å². The number of benzene rings is 2. The van der Waals surface area contributed by atoms with Gasteiger partial charge in [-0.25, -0.2) is 19.4 Å². The van der Waals surface area contributed by atoms with Crippen LogP contribution in [0.2, 0.25) is 0 Å². The molecule has 0 unspecified atom stereocenters. The number of nitrogens with one attached hydrogen (secondary N) is 2. The predicted octanol–water partition coefficient (Wildman–Crippen LogP) is 2.79. The largest absolute Gasteiger partial charge is 0.465 e. The first-order chi connectivity index (χ1) is 22.5. The van der Waals surface area contributed by atoms with Gasteiger partial charge in [-0.05, 0) is 43.9 Å². The highest BCUT2D eigenvalue weighted by Crippen LogP contribution is 2.47. The zero-order valence-electron chi connectivity index (χ0n) is 25.9. The van der Waals surface area contributed by atoms with E-state index >= 15 is 4.39 Å². The maximum Gasteiger partial charge on any atom is 0.350 e. The number of anilines is 1. The van der Waals surface area contributed by atoms with E-state index in [-0.39, 0.29) is 31.9 Å². The molecular formula is C31H39FN5O8PS. The Morgan fingerprint density at radius 3 is 1.96 bits per heavy atom. The fourth-order valence-electron chi connectivity index (χ4n) is 4.93. The van der Waals surface area contributed by atoms with Crippen molar-refractivity contribution in [2.45, 2.75) is 61.7 Å². The standard InChI is InChI=1S/C31H39FN5O8PS/c1-3-43-29(39)22(17-20-11-7-5-8-12-20)35-46(42,36-23(30(40)44-4-2)18-21-13-9-6-10-14-21)45-19-24-27(38)26(32)28(47-24)37-16-15-25(33)34-31(37)41/h5-16,22-24,26-28,38H,3-4,17-19H2,1-2H3,(H2,33,34,41)(H2,35,36,42)/t22-,23-,24+,26-,27+,28+/m0/s1. The van der Waals surface area contributed by atoms with Crippen LogP contribution >= 0.6 is 19.4 Å². The summed E-state index contributed by atoms with van der Waals surface area (Å²) in [6, 6.07) is 16.8. The molecule has 2 aromatic carbocycles. The van der Waals surface area contributed by atoms with Gasteiger partial charge in [-0.1, -0.05) is 60.7 Å². The first-order valence-electron chi connectivity index (χ1n) is 15.1. The number of aromatic nitrogens is 2. The second kappa shape index (κ2) is 17.0. The zero-order chi connectivity index (χ0) is 34.0. The van der Waals surface area contributed by atoms with Crippen molar-refractivity contribution in [3.63, 3.8) is 0 Å². The molecule has 4 rings (SSSR count). The fraction of sp³-hybridized carbons (Fsp3) is 0.419. The van der Waals surface area contributed by atoms with Gasteiger partial charge in [0, 0.05) is 6.20 Å². The van der Waals surface area contributed by atoms with Gasteiger partial charge in [-0.15, -0.1) is 11.8 Å². The SMILES string of the molecule is CCOC(=O)[C@H](Cc1ccccc1)NP(=O)(N[C@@H](Cc1ccccc1)C(=O)OCC)OC[C@H]1S[C@@H](n2ccc(N)nc2=O)[C@@H](F)[C@@H]1O. The fourth-order valence-corrected chi connectivity index (χ4v) is 8.26. The molecular weight excluding hydrogens is 652 g/mol. The quantitative estimate of drug-likeness (QED) is 0.127. The molecule has 1 aliphatic heterocycles. The number of esters is 2. The van der Waals surface area contributed by atoms with E-state index < -0.39 is 66.9 Å². The lowest BCUT2D eigenvalue weighted by Crippen LogP contribution is -2.46. The molecule has 1 aromatic heterocycles. The lowest BCUT2D eigenvalue weighted by Gasteiger charge is -2.29. The Kier molecular flexibility index (Phi) is 13.1. The topological polar surface area (TPSA) is 184 Å². The van der Waals surface area contributed by atoms with Crippen molar-refractivity contribution in [1.29, 1.82) is 0 Å². The number of rotatable bonds is 16. The molecule has 3 aromatic rings. The summed E-state index contributed by atoms with van der Waals surface area (Å²) in [5.41, 5.74) is 6.21. The number of ether oxygens (including phenoxy) is 2. The highest BCUT2D eigenvalue weighted by Gasteiger charge is 2.47. The number of carbonyl (C=O) groups excluding carboxylic acids is 2. The second-order valence-electron chi connectivity index (χ2n) is 10.6. The van der Waals surface area contributed by atoms with E-state index in [1.165, 1.54) is 12.3 Å². The first-order valence-corrected chi connectivity index (χ1v) is 17.6. The summed E-state index contributed by atoms with van der Waals surface area (Å²) in [7, 11) is -4.41. The Labute approximate surface area is 275 Å². The lowest BCUT2D eigenvalue weighted by atomic mass is 10.1. The smallest absolute Gasteiger partial charge is 0.350 e. The van der Waals surface area contributed by atoms with E-state index in [1.54, 1.807) is 62.4 Å². The van der Waals surface area contributed by atoms with Crippen LogP contribution < -0.4 is 21.6 Å². The third kappa shape index (κ3) is 9.95. The van der Waals surface area contributed by atoms with Crippen LogP contribution in [0.3, 0.4) is 0 Å². The Morgan fingerprint density at radius 2 is 1.49 bits per heavy atom. The molecule has 0 bridgehead atoms. The monoisotopic (exact) mass is 691 g/mol. The van der Waals surface area contributed by atoms with Gasteiger partial charge in [0.1, 0.15) is 29.4 Å². The molecule has 2 heterocycles. The van der Waals surface area contributed by atoms with Crippen LogP contribution in [0.1, 0.15) is 30.3 Å². The van der Waals surface area contributed by atoms with Crippen LogP contribution in [0.15, 0.2) is 77.7 Å². The highest BCUT2D eigenvalue weighted by atomic mass is 32.2. The summed E-state index contributed by atoms with van der Waals surface area (Å²) in [6.45, 7) is 2.86. The van der Waals surface area contributed by atoms with Gasteiger partial charge in [-0.3, -0.25) is 18.7 Å². The summed E-state index contributed by atoms with van der Waals surface area (Å²) in [6.07, 6.45) is -2.15. The molecule has 6 atom stereocenters. The molecule has 5 N–H and O–H groups in total. The van der Waals surface area contributed by atoms with Gasteiger partial charge >= 0.3 is 25.3 Å². The van der Waals surface area contributed by atoms with Gasteiger partial charge in [0.05, 0.1) is 25.1 Å². The zero-order valence-corrected chi connectivity index (χ0v) is 27.6. The molecule has 1 aliphatic rings. The van der Waals surface area contributed by atoms with Crippen molar-refractivity contribution in [3.05, 3.63) is 94.5 Å².